The van der Waals surface area contributed by atoms with Crippen LogP contribution in [0.1, 0.15) is 33.6 Å². The molecule has 0 aliphatic carbocycles. The first-order valence-electron chi connectivity index (χ1n) is 5.63. The van der Waals surface area contributed by atoms with E-state index in [0.29, 0.717) is 0 Å². The Morgan fingerprint density at radius 2 is 2.07 bits per heavy atom. The van der Waals surface area contributed by atoms with Crippen LogP contribution in [0.5, 0.6) is 0 Å². The lowest BCUT2D eigenvalue weighted by atomic mass is 10.0. The van der Waals surface area contributed by atoms with Crippen LogP contribution in [-0.2, 0) is 9.53 Å². The zero-order valence-corrected chi connectivity index (χ0v) is 9.95. The van der Waals surface area contributed by atoms with Gasteiger partial charge in [0.05, 0.1) is 5.92 Å². The molecule has 0 aromatic carbocycles. The fourth-order valence-electron chi connectivity index (χ4n) is 1.14. The van der Waals surface area contributed by atoms with Crippen molar-refractivity contribution in [3.05, 3.63) is 0 Å². The Kier molecular flexibility index (Phi) is 8.33. The monoisotopic (exact) mass is 217 g/mol. The van der Waals surface area contributed by atoms with Crippen molar-refractivity contribution in [1.82, 2.24) is 5.32 Å². The highest BCUT2D eigenvalue weighted by Crippen LogP contribution is 2.01. The van der Waals surface area contributed by atoms with E-state index in [1.54, 1.807) is 6.92 Å². The molecular weight excluding hydrogens is 194 g/mol. The van der Waals surface area contributed by atoms with Gasteiger partial charge in [-0.1, -0.05) is 13.8 Å². The summed E-state index contributed by atoms with van der Waals surface area (Å²) in [6, 6.07) is 0.00803. The molecule has 2 atom stereocenters. The Bertz CT molecular complexity index is 173. The van der Waals surface area contributed by atoms with E-state index in [1.165, 1.54) is 0 Å². The summed E-state index contributed by atoms with van der Waals surface area (Å²) in [6.07, 6.45) is 1.97. The molecule has 0 aliphatic heterocycles. The first kappa shape index (κ1) is 14.4. The molecule has 0 rings (SSSR count). The Morgan fingerprint density at radius 3 is 2.60 bits per heavy atom. The number of carbonyl (C=O) groups is 1. The highest BCUT2D eigenvalue weighted by atomic mass is 16.5. The van der Waals surface area contributed by atoms with Crippen molar-refractivity contribution in [3.63, 3.8) is 0 Å². The first-order valence-corrected chi connectivity index (χ1v) is 5.63. The van der Waals surface area contributed by atoms with E-state index in [-0.39, 0.29) is 12.0 Å². The molecule has 0 saturated carbocycles. The van der Waals surface area contributed by atoms with E-state index in [9.17, 15) is 4.79 Å². The fourth-order valence-corrected chi connectivity index (χ4v) is 1.14. The smallest absolute Gasteiger partial charge is 0.307 e. The van der Waals surface area contributed by atoms with Crippen LogP contribution in [-0.4, -0.2) is 36.9 Å². The van der Waals surface area contributed by atoms with Gasteiger partial charge in [-0.05, 0) is 26.3 Å². The van der Waals surface area contributed by atoms with Gasteiger partial charge in [-0.15, -0.1) is 0 Å². The number of nitrogens with one attached hydrogen (secondary N) is 1. The molecule has 0 spiro atoms. The minimum Gasteiger partial charge on any atom is -0.481 e. The summed E-state index contributed by atoms with van der Waals surface area (Å²) in [5.41, 5.74) is 0. The van der Waals surface area contributed by atoms with Gasteiger partial charge >= 0.3 is 5.97 Å². The zero-order chi connectivity index (χ0) is 11.7. The number of carboxylic acid groups (broad SMARTS) is 1. The summed E-state index contributed by atoms with van der Waals surface area (Å²) < 4.78 is 5.32. The van der Waals surface area contributed by atoms with Crippen molar-refractivity contribution < 1.29 is 14.6 Å². The summed E-state index contributed by atoms with van der Waals surface area (Å²) in [6.45, 7) is 8.05. The minimum atomic E-state index is -0.753. The first-order chi connectivity index (χ1) is 7.09. The molecule has 0 saturated heterocycles. The van der Waals surface area contributed by atoms with E-state index >= 15 is 0 Å². The SMILES string of the molecule is CCCOCCCNC(C)C(C)C(=O)O. The number of ether oxygens (including phenoxy) is 1. The van der Waals surface area contributed by atoms with E-state index in [2.05, 4.69) is 12.2 Å². The Morgan fingerprint density at radius 1 is 1.40 bits per heavy atom. The van der Waals surface area contributed by atoms with Gasteiger partial charge in [-0.25, -0.2) is 0 Å². The van der Waals surface area contributed by atoms with Gasteiger partial charge in [0.2, 0.25) is 0 Å². The molecule has 0 aromatic rings. The van der Waals surface area contributed by atoms with Crippen LogP contribution >= 0.6 is 0 Å². The molecule has 0 fully saturated rings. The highest BCUT2D eigenvalue weighted by molar-refractivity contribution is 5.70. The quantitative estimate of drug-likeness (QED) is 0.575. The van der Waals surface area contributed by atoms with Gasteiger partial charge in [0.25, 0.3) is 0 Å². The van der Waals surface area contributed by atoms with Crippen LogP contribution < -0.4 is 5.32 Å². The average Bonchev–Trinajstić information content (AvgIpc) is 2.21. The molecule has 0 aliphatic rings. The molecule has 0 heterocycles. The lowest BCUT2D eigenvalue weighted by Gasteiger charge is -2.17. The normalized spacial score (nSPS) is 14.9. The second-order valence-corrected chi connectivity index (χ2v) is 3.84. The molecule has 0 amide bonds. The van der Waals surface area contributed by atoms with E-state index in [4.69, 9.17) is 9.84 Å². The third-order valence-electron chi connectivity index (χ3n) is 2.42. The Hall–Kier alpha value is -0.610. The van der Waals surface area contributed by atoms with Gasteiger partial charge in [0, 0.05) is 19.3 Å². The molecular formula is C11H23NO3. The van der Waals surface area contributed by atoms with E-state index in [1.807, 2.05) is 6.92 Å². The fraction of sp³-hybridized carbons (Fsp3) is 0.909. The van der Waals surface area contributed by atoms with Gasteiger partial charge in [-0.3, -0.25) is 4.79 Å². The minimum absolute atomic E-state index is 0.00803. The summed E-state index contributed by atoms with van der Waals surface area (Å²) in [5.74, 6) is -1.10. The lowest BCUT2D eigenvalue weighted by Crippen LogP contribution is -2.37. The maximum Gasteiger partial charge on any atom is 0.307 e. The summed E-state index contributed by atoms with van der Waals surface area (Å²) in [5, 5.41) is 11.9. The number of hydrogen-bond donors (Lipinski definition) is 2. The Labute approximate surface area is 92.0 Å². The average molecular weight is 217 g/mol. The topological polar surface area (TPSA) is 58.6 Å². The molecule has 0 radical (unpaired) electrons. The standard InChI is InChI=1S/C11H23NO3/c1-4-7-15-8-5-6-12-10(3)9(2)11(13)14/h9-10,12H,4-8H2,1-3H3,(H,13,14). The van der Waals surface area contributed by atoms with Crippen molar-refractivity contribution in [3.8, 4) is 0 Å². The molecule has 4 nitrogen and oxygen atoms in total. The second kappa shape index (κ2) is 8.68. The maximum absolute atomic E-state index is 10.7. The molecule has 4 heteroatoms. The summed E-state index contributed by atoms with van der Waals surface area (Å²) in [4.78, 5) is 10.7. The van der Waals surface area contributed by atoms with Gasteiger partial charge in [0.15, 0.2) is 0 Å². The second-order valence-electron chi connectivity index (χ2n) is 3.84. The van der Waals surface area contributed by atoms with Crippen molar-refractivity contribution in [1.29, 1.82) is 0 Å². The van der Waals surface area contributed by atoms with Crippen molar-refractivity contribution in [2.24, 2.45) is 5.92 Å². The van der Waals surface area contributed by atoms with Gasteiger partial charge < -0.3 is 15.2 Å². The van der Waals surface area contributed by atoms with Gasteiger partial charge in [0.1, 0.15) is 0 Å². The van der Waals surface area contributed by atoms with Crippen LogP contribution in [0.2, 0.25) is 0 Å². The van der Waals surface area contributed by atoms with E-state index in [0.717, 1.165) is 32.6 Å². The third-order valence-corrected chi connectivity index (χ3v) is 2.42. The van der Waals surface area contributed by atoms with E-state index < -0.39 is 5.97 Å². The zero-order valence-electron chi connectivity index (χ0n) is 9.95. The molecule has 15 heavy (non-hydrogen) atoms. The van der Waals surface area contributed by atoms with Gasteiger partial charge in [-0.2, -0.15) is 0 Å². The van der Waals surface area contributed by atoms with Crippen molar-refractivity contribution in [2.45, 2.75) is 39.7 Å². The van der Waals surface area contributed by atoms with Crippen molar-refractivity contribution in [2.75, 3.05) is 19.8 Å². The number of rotatable bonds is 9. The molecule has 0 aromatic heterocycles. The predicted molar refractivity (Wildman–Crippen MR) is 60.0 cm³/mol. The molecule has 0 bridgehead atoms. The lowest BCUT2D eigenvalue weighted by molar-refractivity contribution is -0.141. The van der Waals surface area contributed by atoms with Crippen LogP contribution in [0.15, 0.2) is 0 Å². The number of carboxylic acids is 1. The van der Waals surface area contributed by atoms with Crippen LogP contribution in [0.25, 0.3) is 0 Å². The predicted octanol–water partition coefficient (Wildman–Crippen LogP) is 1.50. The molecule has 2 N–H and O–H groups in total. The van der Waals surface area contributed by atoms with Crippen LogP contribution in [0.3, 0.4) is 0 Å². The third kappa shape index (κ3) is 7.33. The summed E-state index contributed by atoms with van der Waals surface area (Å²) >= 11 is 0. The largest absolute Gasteiger partial charge is 0.481 e. The number of hydrogen-bond acceptors (Lipinski definition) is 3. The summed E-state index contributed by atoms with van der Waals surface area (Å²) in [7, 11) is 0. The Balaban J connectivity index is 3.38. The molecule has 2 unspecified atom stereocenters. The number of aliphatic carboxylic acids is 1. The van der Waals surface area contributed by atoms with Crippen molar-refractivity contribution >= 4 is 5.97 Å². The molecule has 90 valence electrons. The highest BCUT2D eigenvalue weighted by Gasteiger charge is 2.17. The van der Waals surface area contributed by atoms with Crippen LogP contribution in [0.4, 0.5) is 0 Å². The maximum atomic E-state index is 10.7. The van der Waals surface area contributed by atoms with Crippen LogP contribution in [0, 0.1) is 5.92 Å².